The number of carboxylic acids is 1. The summed E-state index contributed by atoms with van der Waals surface area (Å²) < 4.78 is 0. The zero-order valence-corrected chi connectivity index (χ0v) is 10.8. The van der Waals surface area contributed by atoms with Gasteiger partial charge in [0.25, 0.3) is 5.69 Å². The normalized spacial score (nSPS) is 10.4. The van der Waals surface area contributed by atoms with Gasteiger partial charge in [-0.1, -0.05) is 23.7 Å². The van der Waals surface area contributed by atoms with E-state index in [0.717, 1.165) is 0 Å². The van der Waals surface area contributed by atoms with Crippen LogP contribution in [0.3, 0.4) is 0 Å². The minimum atomic E-state index is -1.02. The number of rotatable bonds is 7. The lowest BCUT2D eigenvalue weighted by Crippen LogP contribution is -2.29. The molecule has 0 aliphatic carbocycles. The fraction of sp³-hybridized carbons (Fsp3) is 0.250. The van der Waals surface area contributed by atoms with Crippen molar-refractivity contribution in [1.29, 1.82) is 0 Å². The Balaban J connectivity index is 3.04. The fourth-order valence-corrected chi connectivity index (χ4v) is 1.89. The number of nitro benzene ring substituents is 1. The highest BCUT2D eigenvalue weighted by atomic mass is 35.5. The van der Waals surface area contributed by atoms with Gasteiger partial charge >= 0.3 is 5.97 Å². The molecule has 1 N–H and O–H groups in total. The molecule has 0 aliphatic heterocycles. The molecule has 6 nitrogen and oxygen atoms in total. The highest BCUT2D eigenvalue weighted by molar-refractivity contribution is 6.31. The van der Waals surface area contributed by atoms with Crippen LogP contribution >= 0.6 is 11.6 Å². The Bertz CT molecular complexity index is 505. The van der Waals surface area contributed by atoms with Crippen molar-refractivity contribution in [2.24, 2.45) is 0 Å². The number of nitro groups is 1. The van der Waals surface area contributed by atoms with E-state index in [1.807, 2.05) is 0 Å². The third-order valence-electron chi connectivity index (χ3n) is 2.42. The van der Waals surface area contributed by atoms with Crippen molar-refractivity contribution in [3.63, 3.8) is 0 Å². The molecule has 0 saturated carbocycles. The SMILES string of the molecule is C=CCN(CC(=O)O)Cc1c(Cl)cccc1[N+](=O)[O-]. The first kappa shape index (κ1) is 15.1. The van der Waals surface area contributed by atoms with Gasteiger partial charge < -0.3 is 5.11 Å². The van der Waals surface area contributed by atoms with Gasteiger partial charge in [0.15, 0.2) is 0 Å². The average molecular weight is 285 g/mol. The molecule has 1 rings (SSSR count). The van der Waals surface area contributed by atoms with Gasteiger partial charge in [0, 0.05) is 19.2 Å². The van der Waals surface area contributed by atoms with Gasteiger partial charge in [-0.3, -0.25) is 19.8 Å². The third-order valence-corrected chi connectivity index (χ3v) is 2.77. The number of aliphatic carboxylic acids is 1. The van der Waals surface area contributed by atoms with Gasteiger partial charge in [-0.05, 0) is 6.07 Å². The van der Waals surface area contributed by atoms with E-state index in [9.17, 15) is 14.9 Å². The Hall–Kier alpha value is -1.92. The van der Waals surface area contributed by atoms with Crippen LogP contribution < -0.4 is 0 Å². The number of halogens is 1. The maximum Gasteiger partial charge on any atom is 0.317 e. The van der Waals surface area contributed by atoms with E-state index in [4.69, 9.17) is 16.7 Å². The minimum absolute atomic E-state index is 0.0777. The van der Waals surface area contributed by atoms with Gasteiger partial charge in [-0.15, -0.1) is 6.58 Å². The zero-order valence-electron chi connectivity index (χ0n) is 10.1. The summed E-state index contributed by atoms with van der Waals surface area (Å²) in [5.41, 5.74) is 0.184. The van der Waals surface area contributed by atoms with Crippen LogP contribution in [-0.4, -0.2) is 34.0 Å². The second kappa shape index (κ2) is 6.86. The van der Waals surface area contributed by atoms with E-state index >= 15 is 0 Å². The molecule has 0 amide bonds. The van der Waals surface area contributed by atoms with Crippen LogP contribution in [0.15, 0.2) is 30.9 Å². The van der Waals surface area contributed by atoms with Crippen molar-refractivity contribution in [2.45, 2.75) is 6.54 Å². The lowest BCUT2D eigenvalue weighted by molar-refractivity contribution is -0.385. The molecule has 0 aliphatic rings. The van der Waals surface area contributed by atoms with E-state index in [1.54, 1.807) is 0 Å². The van der Waals surface area contributed by atoms with E-state index in [0.29, 0.717) is 12.1 Å². The Morgan fingerprint density at radius 1 is 1.58 bits per heavy atom. The van der Waals surface area contributed by atoms with E-state index in [2.05, 4.69) is 6.58 Å². The molecule has 19 heavy (non-hydrogen) atoms. The minimum Gasteiger partial charge on any atom is -0.480 e. The maximum absolute atomic E-state index is 10.9. The quantitative estimate of drug-likeness (QED) is 0.472. The molecule has 0 spiro atoms. The van der Waals surface area contributed by atoms with Gasteiger partial charge in [0.05, 0.1) is 22.1 Å². The van der Waals surface area contributed by atoms with Crippen LogP contribution in [0.2, 0.25) is 5.02 Å². The topological polar surface area (TPSA) is 83.7 Å². The third kappa shape index (κ3) is 4.35. The largest absolute Gasteiger partial charge is 0.480 e. The van der Waals surface area contributed by atoms with E-state index in [1.165, 1.54) is 29.2 Å². The van der Waals surface area contributed by atoms with Crippen LogP contribution in [0.5, 0.6) is 0 Å². The van der Waals surface area contributed by atoms with Gasteiger partial charge in [0.1, 0.15) is 0 Å². The second-order valence-electron chi connectivity index (χ2n) is 3.85. The van der Waals surface area contributed by atoms with Gasteiger partial charge in [-0.2, -0.15) is 0 Å². The van der Waals surface area contributed by atoms with Crippen LogP contribution in [0.4, 0.5) is 5.69 Å². The standard InChI is InChI=1S/C12H13ClN2O4/c1-2-6-14(8-12(16)17)7-9-10(13)4-3-5-11(9)15(18)19/h2-5H,1,6-8H2,(H,16,17). The molecule has 102 valence electrons. The molecule has 0 saturated heterocycles. The molecular weight excluding hydrogens is 272 g/mol. The first-order valence-corrected chi connectivity index (χ1v) is 5.80. The number of carbonyl (C=O) groups is 1. The summed E-state index contributed by atoms with van der Waals surface area (Å²) in [6, 6.07) is 4.36. The van der Waals surface area contributed by atoms with Crippen LogP contribution in [0, 0.1) is 10.1 Å². The highest BCUT2D eigenvalue weighted by Crippen LogP contribution is 2.27. The van der Waals surface area contributed by atoms with Crippen LogP contribution in [-0.2, 0) is 11.3 Å². The summed E-state index contributed by atoms with van der Waals surface area (Å²) in [7, 11) is 0. The molecule has 7 heteroatoms. The molecule has 1 aromatic rings. The molecule has 0 atom stereocenters. The monoisotopic (exact) mass is 284 g/mol. The number of carboxylic acid groups (broad SMARTS) is 1. The summed E-state index contributed by atoms with van der Waals surface area (Å²) in [6.45, 7) is 3.66. The van der Waals surface area contributed by atoms with E-state index < -0.39 is 10.9 Å². The smallest absolute Gasteiger partial charge is 0.317 e. The van der Waals surface area contributed by atoms with Crippen LogP contribution in [0.25, 0.3) is 0 Å². The first-order chi connectivity index (χ1) is 8.95. The highest BCUT2D eigenvalue weighted by Gasteiger charge is 2.20. The van der Waals surface area contributed by atoms with Gasteiger partial charge in [0.2, 0.25) is 0 Å². The Kier molecular flexibility index (Phi) is 5.47. The predicted molar refractivity (Wildman–Crippen MR) is 71.2 cm³/mol. The number of nitrogens with zero attached hydrogens (tertiary/aromatic N) is 2. The van der Waals surface area contributed by atoms with Crippen molar-refractivity contribution < 1.29 is 14.8 Å². The lowest BCUT2D eigenvalue weighted by atomic mass is 10.1. The summed E-state index contributed by atoms with van der Waals surface area (Å²) in [5.74, 6) is -1.02. The summed E-state index contributed by atoms with van der Waals surface area (Å²) >= 11 is 5.95. The summed E-state index contributed by atoms with van der Waals surface area (Å²) in [5, 5.41) is 20.0. The molecule has 0 fully saturated rings. The van der Waals surface area contributed by atoms with Crippen molar-refractivity contribution in [3.8, 4) is 0 Å². The molecule has 0 unspecified atom stereocenters. The average Bonchev–Trinajstić information content (AvgIpc) is 2.30. The Labute approximate surface area is 115 Å². The van der Waals surface area contributed by atoms with Crippen molar-refractivity contribution in [3.05, 3.63) is 51.6 Å². The number of hydrogen-bond donors (Lipinski definition) is 1. The van der Waals surface area contributed by atoms with Crippen molar-refractivity contribution >= 4 is 23.3 Å². The van der Waals surface area contributed by atoms with Gasteiger partial charge in [-0.25, -0.2) is 0 Å². The van der Waals surface area contributed by atoms with E-state index in [-0.39, 0.29) is 23.8 Å². The Morgan fingerprint density at radius 2 is 2.26 bits per heavy atom. The molecular formula is C12H13ClN2O4. The number of benzene rings is 1. The molecule has 1 aromatic carbocycles. The maximum atomic E-state index is 10.9. The summed E-state index contributed by atoms with van der Waals surface area (Å²) in [4.78, 5) is 22.6. The fourth-order valence-electron chi connectivity index (χ4n) is 1.66. The van der Waals surface area contributed by atoms with Crippen LogP contribution in [0.1, 0.15) is 5.56 Å². The number of hydrogen-bond acceptors (Lipinski definition) is 4. The predicted octanol–water partition coefficient (Wildman–Crippen LogP) is 2.32. The molecule has 0 aromatic heterocycles. The summed E-state index contributed by atoms with van der Waals surface area (Å²) in [6.07, 6.45) is 1.53. The Morgan fingerprint density at radius 3 is 2.79 bits per heavy atom. The molecule has 0 heterocycles. The molecule has 0 radical (unpaired) electrons. The second-order valence-corrected chi connectivity index (χ2v) is 4.25. The molecule has 0 bridgehead atoms. The van der Waals surface area contributed by atoms with Crippen molar-refractivity contribution in [2.75, 3.05) is 13.1 Å². The van der Waals surface area contributed by atoms with Crippen molar-refractivity contribution in [1.82, 2.24) is 4.90 Å². The lowest BCUT2D eigenvalue weighted by Gasteiger charge is -2.18. The zero-order chi connectivity index (χ0) is 14.4. The first-order valence-electron chi connectivity index (χ1n) is 5.42.